The molecule has 0 spiro atoms. The Bertz CT molecular complexity index is 887. The molecule has 9 heteroatoms. The predicted octanol–water partition coefficient (Wildman–Crippen LogP) is 5.09. The predicted molar refractivity (Wildman–Crippen MR) is 126 cm³/mol. The van der Waals surface area contributed by atoms with Gasteiger partial charge in [0.2, 0.25) is 0 Å². The maximum absolute atomic E-state index is 9.10. The average Bonchev–Trinajstić information content (AvgIpc) is 3.26. The normalized spacial score (nSPS) is 11.3. The summed E-state index contributed by atoms with van der Waals surface area (Å²) < 4.78 is 2.16. The lowest BCUT2D eigenvalue weighted by Gasteiger charge is -2.17. The Hall–Kier alpha value is -2.42. The van der Waals surface area contributed by atoms with Gasteiger partial charge in [0.25, 0.3) is 0 Å². The van der Waals surface area contributed by atoms with Gasteiger partial charge < -0.3 is 14.8 Å². The summed E-state index contributed by atoms with van der Waals surface area (Å²) in [6.07, 6.45) is 5.77. The first-order valence-corrected chi connectivity index (χ1v) is 11.7. The molecule has 164 valence electrons. The summed E-state index contributed by atoms with van der Waals surface area (Å²) in [5, 5.41) is 16.1. The van der Waals surface area contributed by atoms with Gasteiger partial charge in [-0.1, -0.05) is 41.4 Å². The van der Waals surface area contributed by atoms with E-state index in [2.05, 4.69) is 52.9 Å². The number of rotatable bonds is 8. The first-order valence-electron chi connectivity index (χ1n) is 9.31. The number of thioether (sulfide) groups is 2. The number of aromatic nitrogens is 2. The summed E-state index contributed by atoms with van der Waals surface area (Å²) in [6.45, 7) is 3.10. The maximum atomic E-state index is 9.10. The van der Waals surface area contributed by atoms with Crippen molar-refractivity contribution >= 4 is 47.1 Å². The Morgan fingerprint density at radius 2 is 1.71 bits per heavy atom. The molecule has 0 aliphatic rings. The van der Waals surface area contributed by atoms with Gasteiger partial charge in [0.1, 0.15) is 0 Å². The van der Waals surface area contributed by atoms with Gasteiger partial charge in [-0.2, -0.15) is 11.8 Å². The molecule has 3 rings (SSSR count). The number of aliphatic carboxylic acids is 2. The summed E-state index contributed by atoms with van der Waals surface area (Å²) >= 11 is 9.86. The molecule has 6 nitrogen and oxygen atoms in total. The summed E-state index contributed by atoms with van der Waals surface area (Å²) in [7, 11) is 0. The molecule has 1 atom stereocenters. The molecule has 0 amide bonds. The molecular formula is C22H23ClN2O4S2. The number of imidazole rings is 1. The average molecular weight is 479 g/mol. The van der Waals surface area contributed by atoms with E-state index in [4.69, 9.17) is 31.4 Å². The quantitative estimate of drug-likeness (QED) is 0.344. The Labute approximate surface area is 194 Å². The van der Waals surface area contributed by atoms with Crippen LogP contribution in [-0.4, -0.2) is 42.7 Å². The van der Waals surface area contributed by atoms with E-state index < -0.39 is 11.9 Å². The Morgan fingerprint density at radius 3 is 2.26 bits per heavy atom. The molecule has 3 aromatic rings. The molecule has 31 heavy (non-hydrogen) atoms. The lowest BCUT2D eigenvalue weighted by atomic mass is 10.2. The molecule has 2 N–H and O–H groups in total. The summed E-state index contributed by atoms with van der Waals surface area (Å²) in [5.41, 5.74) is 2.68. The molecule has 0 aliphatic heterocycles. The fraction of sp³-hybridized carbons (Fsp3) is 0.227. The molecule has 0 bridgehead atoms. The minimum atomic E-state index is -1.82. The fourth-order valence-corrected chi connectivity index (χ4v) is 4.83. The van der Waals surface area contributed by atoms with Crippen LogP contribution in [0.3, 0.4) is 0 Å². The largest absolute Gasteiger partial charge is 0.473 e. The minimum Gasteiger partial charge on any atom is -0.473 e. The molecule has 2 aromatic carbocycles. The van der Waals surface area contributed by atoms with Crippen molar-refractivity contribution in [2.75, 3.05) is 5.75 Å². The lowest BCUT2D eigenvalue weighted by Crippen LogP contribution is -2.15. The highest BCUT2D eigenvalue weighted by Crippen LogP contribution is 2.27. The monoisotopic (exact) mass is 478 g/mol. The van der Waals surface area contributed by atoms with Crippen molar-refractivity contribution in [3.8, 4) is 0 Å². The number of carboxylic acids is 2. The molecule has 0 aliphatic carbocycles. The molecular weight excluding hydrogens is 456 g/mol. The number of halogens is 1. The van der Waals surface area contributed by atoms with Crippen LogP contribution in [0.2, 0.25) is 5.02 Å². The second-order valence-corrected chi connectivity index (χ2v) is 9.37. The van der Waals surface area contributed by atoms with Crippen LogP contribution in [-0.2, 0) is 21.9 Å². The van der Waals surface area contributed by atoms with Crippen molar-refractivity contribution in [2.45, 2.75) is 29.4 Å². The topological polar surface area (TPSA) is 92.4 Å². The van der Waals surface area contributed by atoms with Gasteiger partial charge >= 0.3 is 11.9 Å². The summed E-state index contributed by atoms with van der Waals surface area (Å²) in [5.74, 6) is -1.57. The van der Waals surface area contributed by atoms with Crippen LogP contribution in [0, 0.1) is 6.92 Å². The van der Waals surface area contributed by atoms with Crippen molar-refractivity contribution < 1.29 is 19.8 Å². The number of benzene rings is 2. The van der Waals surface area contributed by atoms with Crippen molar-refractivity contribution in [3.05, 3.63) is 83.4 Å². The van der Waals surface area contributed by atoms with Gasteiger partial charge in [-0.15, -0.1) is 11.8 Å². The van der Waals surface area contributed by atoms with Gasteiger partial charge in [-0.05, 0) is 36.8 Å². The van der Waals surface area contributed by atoms with Crippen LogP contribution < -0.4 is 0 Å². The SMILES string of the molecule is Cc1ccc(CSC(CSc2ccc(Cl)cc2)Cn2ccnc2)cc1.O=C(O)C(=O)O. The minimum absolute atomic E-state index is 0.510. The van der Waals surface area contributed by atoms with E-state index in [9.17, 15) is 0 Å². The standard InChI is InChI=1S/C20H21ClN2S2.C2H2O4/c1-16-2-4-17(5-3-16)13-24-20(12-23-11-10-22-15-23)14-25-19-8-6-18(21)7-9-19;3-1(4)2(5)6/h2-11,15,20H,12-14H2,1H3;(H,3,4)(H,5,6). The number of carboxylic acid groups (broad SMARTS) is 2. The van der Waals surface area contributed by atoms with Gasteiger partial charge in [0.05, 0.1) is 6.33 Å². The number of nitrogens with zero attached hydrogens (tertiary/aromatic N) is 2. The van der Waals surface area contributed by atoms with Gasteiger partial charge in [-0.25, -0.2) is 14.6 Å². The third-order valence-corrected chi connectivity index (χ3v) is 6.94. The van der Waals surface area contributed by atoms with Crippen molar-refractivity contribution in [3.63, 3.8) is 0 Å². The third-order valence-electron chi connectivity index (χ3n) is 4.01. The Balaban J connectivity index is 0.000000501. The Morgan fingerprint density at radius 1 is 1.06 bits per heavy atom. The summed E-state index contributed by atoms with van der Waals surface area (Å²) in [6, 6.07) is 16.9. The molecule has 1 aromatic heterocycles. The van der Waals surface area contributed by atoms with E-state index in [-0.39, 0.29) is 0 Å². The van der Waals surface area contributed by atoms with Crippen molar-refractivity contribution in [1.82, 2.24) is 9.55 Å². The zero-order valence-corrected chi connectivity index (χ0v) is 19.2. The second-order valence-electron chi connectivity index (χ2n) is 6.55. The van der Waals surface area contributed by atoms with Crippen LogP contribution in [0.25, 0.3) is 0 Å². The van der Waals surface area contributed by atoms with Crippen LogP contribution in [0.1, 0.15) is 11.1 Å². The summed E-state index contributed by atoms with van der Waals surface area (Å²) in [4.78, 5) is 23.6. The number of carbonyl (C=O) groups is 2. The van der Waals surface area contributed by atoms with Gasteiger partial charge in [0.15, 0.2) is 0 Å². The van der Waals surface area contributed by atoms with E-state index >= 15 is 0 Å². The molecule has 1 heterocycles. The maximum Gasteiger partial charge on any atom is 0.414 e. The Kier molecular flexibility index (Phi) is 10.5. The van der Waals surface area contributed by atoms with Crippen LogP contribution in [0.15, 0.2) is 72.1 Å². The molecule has 0 saturated heterocycles. The fourth-order valence-electron chi connectivity index (χ4n) is 2.40. The van der Waals surface area contributed by atoms with E-state index in [1.807, 2.05) is 54.4 Å². The lowest BCUT2D eigenvalue weighted by molar-refractivity contribution is -0.159. The van der Waals surface area contributed by atoms with E-state index in [1.165, 1.54) is 16.0 Å². The second kappa shape index (κ2) is 13.1. The zero-order chi connectivity index (χ0) is 22.6. The highest BCUT2D eigenvalue weighted by Gasteiger charge is 2.12. The van der Waals surface area contributed by atoms with Crippen LogP contribution >= 0.6 is 35.1 Å². The van der Waals surface area contributed by atoms with Crippen molar-refractivity contribution in [2.24, 2.45) is 0 Å². The first kappa shape index (κ1) is 24.8. The van der Waals surface area contributed by atoms with E-state index in [0.29, 0.717) is 5.25 Å². The highest BCUT2D eigenvalue weighted by molar-refractivity contribution is 8.03. The number of aryl methyl sites for hydroxylation is 1. The smallest absolute Gasteiger partial charge is 0.414 e. The van der Waals surface area contributed by atoms with E-state index in [1.54, 1.807) is 0 Å². The molecule has 0 radical (unpaired) electrons. The molecule has 0 fully saturated rings. The van der Waals surface area contributed by atoms with Gasteiger partial charge in [0, 0.05) is 45.6 Å². The molecule has 1 unspecified atom stereocenters. The van der Waals surface area contributed by atoms with Crippen molar-refractivity contribution in [1.29, 1.82) is 0 Å². The van der Waals surface area contributed by atoms with Gasteiger partial charge in [-0.3, -0.25) is 0 Å². The number of hydrogen-bond acceptors (Lipinski definition) is 5. The molecule has 0 saturated carbocycles. The number of hydrogen-bond donors (Lipinski definition) is 2. The van der Waals surface area contributed by atoms with E-state index in [0.717, 1.165) is 23.1 Å². The third kappa shape index (κ3) is 9.95. The van der Waals surface area contributed by atoms with Crippen LogP contribution in [0.4, 0.5) is 0 Å². The highest BCUT2D eigenvalue weighted by atomic mass is 35.5. The first-order chi connectivity index (χ1) is 14.8. The zero-order valence-electron chi connectivity index (χ0n) is 16.8. The van der Waals surface area contributed by atoms with Crippen LogP contribution in [0.5, 0.6) is 0 Å².